The van der Waals surface area contributed by atoms with Crippen LogP contribution < -0.4 is 0 Å². The Morgan fingerprint density at radius 1 is 1.73 bits per heavy atom. The van der Waals surface area contributed by atoms with E-state index in [1.807, 2.05) is 0 Å². The molecule has 5 nitrogen and oxygen atoms in total. The molecule has 1 N–H and O–H groups in total. The van der Waals surface area contributed by atoms with E-state index in [4.69, 9.17) is 16.7 Å². The molecule has 1 saturated heterocycles. The van der Waals surface area contributed by atoms with Gasteiger partial charge in [0.1, 0.15) is 0 Å². The molecule has 1 amide bonds. The van der Waals surface area contributed by atoms with E-state index in [2.05, 4.69) is 0 Å². The zero-order valence-electron chi connectivity index (χ0n) is 7.97. The third-order valence-corrected chi connectivity index (χ3v) is 3.57. The molecule has 2 unspecified atom stereocenters. The molecule has 1 aliphatic heterocycles. The second kappa shape index (κ2) is 4.85. The molecule has 0 radical (unpaired) electrons. The fourth-order valence-electron chi connectivity index (χ4n) is 1.13. The molecule has 0 aromatic rings. The molecule has 1 aliphatic rings. The first-order valence-electron chi connectivity index (χ1n) is 4.35. The van der Waals surface area contributed by atoms with E-state index in [0.29, 0.717) is 6.42 Å². The number of thioether (sulfide) groups is 1. The third kappa shape index (κ3) is 2.63. The van der Waals surface area contributed by atoms with Crippen molar-refractivity contribution in [2.24, 2.45) is 0 Å². The van der Waals surface area contributed by atoms with Crippen molar-refractivity contribution >= 4 is 40.4 Å². The van der Waals surface area contributed by atoms with Gasteiger partial charge in [0, 0.05) is 6.42 Å². The monoisotopic (exact) mass is 251 g/mol. The van der Waals surface area contributed by atoms with Crippen molar-refractivity contribution < 1.29 is 19.5 Å². The van der Waals surface area contributed by atoms with Gasteiger partial charge in [0.25, 0.3) is 0 Å². The Morgan fingerprint density at radius 3 is 2.73 bits per heavy atom. The summed E-state index contributed by atoms with van der Waals surface area (Å²) in [7, 11) is 0. The van der Waals surface area contributed by atoms with Gasteiger partial charge in [-0.25, -0.2) is 4.79 Å². The molecule has 7 heteroatoms. The van der Waals surface area contributed by atoms with E-state index in [1.54, 1.807) is 6.92 Å². The van der Waals surface area contributed by atoms with Crippen LogP contribution in [0.1, 0.15) is 19.8 Å². The second-order valence-corrected chi connectivity index (χ2v) is 4.63. The van der Waals surface area contributed by atoms with Gasteiger partial charge in [-0.2, -0.15) is 0 Å². The van der Waals surface area contributed by atoms with E-state index in [0.717, 1.165) is 16.7 Å². The molecule has 0 saturated carbocycles. The number of hydrogen-bond acceptors (Lipinski definition) is 4. The number of carbonyl (C=O) groups excluding carboxylic acids is 2. The molecular formula is C8H10ClNO4S. The minimum absolute atomic E-state index is 0.0771. The van der Waals surface area contributed by atoms with E-state index in [-0.39, 0.29) is 17.4 Å². The Hall–Kier alpha value is -0.750. The Labute approximate surface area is 95.8 Å². The summed E-state index contributed by atoms with van der Waals surface area (Å²) in [6.07, 6.45) is 0.524. The van der Waals surface area contributed by atoms with Gasteiger partial charge in [-0.1, -0.05) is 30.3 Å². The summed E-state index contributed by atoms with van der Waals surface area (Å²) in [4.78, 5) is 33.8. The minimum atomic E-state index is -1.38. The number of likely N-dealkylation sites (tertiary alicyclic amines) is 1. The van der Waals surface area contributed by atoms with E-state index < -0.39 is 16.8 Å². The number of aliphatic carboxylic acids is 1. The summed E-state index contributed by atoms with van der Waals surface area (Å²) in [6.45, 7) is 1.70. The summed E-state index contributed by atoms with van der Waals surface area (Å²) in [5.74, 6) is -1.61. The zero-order chi connectivity index (χ0) is 11.6. The molecule has 0 aromatic carbocycles. The molecule has 0 bridgehead atoms. The lowest BCUT2D eigenvalue weighted by Crippen LogP contribution is -2.56. The van der Waals surface area contributed by atoms with Crippen LogP contribution in [0.4, 0.5) is 0 Å². The maximum atomic E-state index is 11.1. The number of halogens is 1. The van der Waals surface area contributed by atoms with Crippen molar-refractivity contribution in [3.63, 3.8) is 0 Å². The molecule has 15 heavy (non-hydrogen) atoms. The van der Waals surface area contributed by atoms with Crippen LogP contribution in [0.25, 0.3) is 0 Å². The first-order valence-corrected chi connectivity index (χ1v) is 5.66. The molecule has 84 valence electrons. The smallest absolute Gasteiger partial charge is 0.342 e. The average Bonchev–Trinajstić information content (AvgIpc) is 2.16. The predicted molar refractivity (Wildman–Crippen MR) is 55.4 cm³/mol. The maximum absolute atomic E-state index is 11.1. The summed E-state index contributed by atoms with van der Waals surface area (Å²) in [5.41, 5.74) is -1.38. The van der Waals surface area contributed by atoms with Crippen LogP contribution in [0, 0.1) is 0 Å². The second-order valence-electron chi connectivity index (χ2n) is 2.98. The Balaban J connectivity index is 2.58. The van der Waals surface area contributed by atoms with Gasteiger partial charge < -0.3 is 10.0 Å². The van der Waals surface area contributed by atoms with Crippen LogP contribution in [-0.2, 0) is 14.4 Å². The summed E-state index contributed by atoms with van der Waals surface area (Å²) in [5, 5.41) is 8.12. The van der Waals surface area contributed by atoms with Gasteiger partial charge in [-0.3, -0.25) is 9.59 Å². The normalized spacial score (nSPS) is 22.1. The number of β-lactam (4-membered cyclic amide) rings is 1. The lowest BCUT2D eigenvalue weighted by molar-refractivity contribution is -0.153. The van der Waals surface area contributed by atoms with Gasteiger partial charge in [0.05, 0.1) is 11.8 Å². The zero-order valence-corrected chi connectivity index (χ0v) is 9.55. The van der Waals surface area contributed by atoms with Gasteiger partial charge in [0.15, 0.2) is 5.12 Å². The molecule has 2 atom stereocenters. The molecule has 0 aromatic heterocycles. The lowest BCUT2D eigenvalue weighted by Gasteiger charge is -2.40. The van der Waals surface area contributed by atoms with Gasteiger partial charge >= 0.3 is 5.97 Å². The largest absolute Gasteiger partial charge is 0.479 e. The van der Waals surface area contributed by atoms with Crippen molar-refractivity contribution in [2.75, 3.05) is 0 Å². The predicted octanol–water partition coefficient (Wildman–Crippen LogP) is 0.864. The average molecular weight is 252 g/mol. The number of carbonyl (C=O) groups is 3. The molecule has 1 fully saturated rings. The molecule has 0 aliphatic carbocycles. The fourth-order valence-corrected chi connectivity index (χ4v) is 2.49. The SMILES string of the molecule is CCC(=O)SC1CC(=O)N1C(Cl)C(=O)O. The van der Waals surface area contributed by atoms with E-state index in [9.17, 15) is 14.4 Å². The van der Waals surface area contributed by atoms with Gasteiger partial charge in [0.2, 0.25) is 11.4 Å². The van der Waals surface area contributed by atoms with Crippen LogP contribution in [0.3, 0.4) is 0 Å². The number of carboxylic acid groups (broad SMARTS) is 1. The van der Waals surface area contributed by atoms with Crippen LogP contribution in [0.2, 0.25) is 0 Å². The number of rotatable bonds is 4. The van der Waals surface area contributed by atoms with Crippen LogP contribution in [0.5, 0.6) is 0 Å². The lowest BCUT2D eigenvalue weighted by atomic mass is 10.2. The highest BCUT2D eigenvalue weighted by Crippen LogP contribution is 2.33. The number of carboxylic acids is 1. The standard InChI is InChI=1S/C8H10ClNO4S/c1-2-6(12)15-5-3-4(11)10(5)7(9)8(13)14/h5,7H,2-3H2,1H3,(H,13,14). The van der Waals surface area contributed by atoms with Crippen LogP contribution in [-0.4, -0.2) is 37.9 Å². The quantitative estimate of drug-likeness (QED) is 0.456. The molecule has 1 heterocycles. The van der Waals surface area contributed by atoms with Crippen molar-refractivity contribution in [2.45, 2.75) is 30.6 Å². The van der Waals surface area contributed by atoms with Gasteiger partial charge in [-0.05, 0) is 0 Å². The maximum Gasteiger partial charge on any atom is 0.342 e. The number of amides is 1. The highest BCUT2D eigenvalue weighted by atomic mass is 35.5. The minimum Gasteiger partial charge on any atom is -0.479 e. The van der Waals surface area contributed by atoms with Gasteiger partial charge in [-0.15, -0.1) is 0 Å². The summed E-state index contributed by atoms with van der Waals surface area (Å²) < 4.78 is 0. The number of alkyl halides is 1. The molecule has 0 spiro atoms. The number of nitrogens with zero attached hydrogens (tertiary/aromatic N) is 1. The summed E-state index contributed by atoms with van der Waals surface area (Å²) in [6, 6.07) is 0. The Kier molecular flexibility index (Phi) is 3.98. The van der Waals surface area contributed by atoms with Crippen LogP contribution in [0.15, 0.2) is 0 Å². The Bertz CT molecular complexity index is 309. The molecule has 1 rings (SSSR count). The first-order chi connectivity index (χ1) is 6.97. The topological polar surface area (TPSA) is 74.7 Å². The highest BCUT2D eigenvalue weighted by molar-refractivity contribution is 8.14. The van der Waals surface area contributed by atoms with Crippen molar-refractivity contribution in [3.05, 3.63) is 0 Å². The van der Waals surface area contributed by atoms with Crippen molar-refractivity contribution in [1.29, 1.82) is 0 Å². The van der Waals surface area contributed by atoms with Crippen molar-refractivity contribution in [1.82, 2.24) is 4.90 Å². The van der Waals surface area contributed by atoms with E-state index >= 15 is 0 Å². The van der Waals surface area contributed by atoms with E-state index in [1.165, 1.54) is 0 Å². The first kappa shape index (κ1) is 12.3. The number of hydrogen-bond donors (Lipinski definition) is 1. The Morgan fingerprint density at radius 2 is 2.33 bits per heavy atom. The van der Waals surface area contributed by atoms with Crippen LogP contribution >= 0.6 is 23.4 Å². The highest BCUT2D eigenvalue weighted by Gasteiger charge is 2.44. The van der Waals surface area contributed by atoms with Crippen molar-refractivity contribution in [3.8, 4) is 0 Å². The fraction of sp³-hybridized carbons (Fsp3) is 0.625. The molecular weight excluding hydrogens is 242 g/mol. The summed E-state index contributed by atoms with van der Waals surface area (Å²) >= 11 is 6.48. The third-order valence-electron chi connectivity index (χ3n) is 1.95.